The number of hydrogen-bond acceptors (Lipinski definition) is 5. The van der Waals surface area contributed by atoms with E-state index in [9.17, 15) is 0 Å². The van der Waals surface area contributed by atoms with Crippen LogP contribution in [0.2, 0.25) is 0 Å². The molecule has 1 aromatic heterocycles. The van der Waals surface area contributed by atoms with Gasteiger partial charge in [0.2, 0.25) is 0 Å². The average Bonchev–Trinajstić information content (AvgIpc) is 2.78. The third-order valence-corrected chi connectivity index (χ3v) is 3.81. The number of nitrogens with zero attached hydrogens (tertiary/aromatic N) is 2. The summed E-state index contributed by atoms with van der Waals surface area (Å²) in [6.45, 7) is 3.96. The van der Waals surface area contributed by atoms with E-state index >= 15 is 0 Å². The summed E-state index contributed by atoms with van der Waals surface area (Å²) < 4.78 is 5.24. The lowest BCUT2D eigenvalue weighted by molar-refractivity contribution is 0.411. The maximum absolute atomic E-state index is 5.77. The molecule has 0 aliphatic rings. The lowest BCUT2D eigenvalue weighted by atomic mass is 10.1. The quantitative estimate of drug-likeness (QED) is 0.920. The molecule has 0 bridgehead atoms. The van der Waals surface area contributed by atoms with E-state index < -0.39 is 0 Å². The van der Waals surface area contributed by atoms with Crippen LogP contribution >= 0.6 is 11.3 Å². The fourth-order valence-electron chi connectivity index (χ4n) is 1.75. The van der Waals surface area contributed by atoms with E-state index in [1.54, 1.807) is 18.4 Å². The van der Waals surface area contributed by atoms with Gasteiger partial charge in [-0.15, -0.1) is 10.2 Å². The van der Waals surface area contributed by atoms with E-state index in [4.69, 9.17) is 10.5 Å². The Morgan fingerprint density at radius 1 is 1.39 bits per heavy atom. The van der Waals surface area contributed by atoms with Crippen LogP contribution in [0.25, 0.3) is 0 Å². The summed E-state index contributed by atoms with van der Waals surface area (Å²) in [5.74, 6) is 0.910. The van der Waals surface area contributed by atoms with Crippen molar-refractivity contribution in [2.75, 3.05) is 7.11 Å². The van der Waals surface area contributed by atoms with Gasteiger partial charge in [-0.1, -0.05) is 23.5 Å². The van der Waals surface area contributed by atoms with Crippen molar-refractivity contribution >= 4 is 11.3 Å². The molecule has 0 aliphatic heterocycles. The second-order valence-electron chi connectivity index (χ2n) is 4.30. The van der Waals surface area contributed by atoms with Crippen LogP contribution in [0.3, 0.4) is 0 Å². The smallest absolute Gasteiger partial charge is 0.133 e. The molecule has 1 heterocycles. The minimum absolute atomic E-state index is 0.0474. The number of nitrogens with two attached hydrogens (primary N) is 1. The van der Waals surface area contributed by atoms with E-state index in [1.165, 1.54) is 5.56 Å². The van der Waals surface area contributed by atoms with E-state index in [0.29, 0.717) is 0 Å². The molecule has 2 N–H and O–H groups in total. The number of methoxy groups -OCH3 is 1. The van der Waals surface area contributed by atoms with Gasteiger partial charge in [0, 0.05) is 6.42 Å². The van der Waals surface area contributed by atoms with Gasteiger partial charge in [0.15, 0.2) is 0 Å². The lowest BCUT2D eigenvalue weighted by Crippen LogP contribution is -2.03. The van der Waals surface area contributed by atoms with Crippen molar-refractivity contribution in [2.45, 2.75) is 26.3 Å². The third kappa shape index (κ3) is 2.86. The third-order valence-electron chi connectivity index (χ3n) is 2.69. The Hall–Kier alpha value is -1.46. The second-order valence-corrected chi connectivity index (χ2v) is 5.40. The number of aromatic nitrogens is 2. The monoisotopic (exact) mass is 263 g/mol. The molecule has 1 aromatic carbocycles. The maximum Gasteiger partial charge on any atom is 0.133 e. The Bertz CT molecular complexity index is 537. The van der Waals surface area contributed by atoms with Crippen molar-refractivity contribution < 1.29 is 4.74 Å². The average molecular weight is 263 g/mol. The first kappa shape index (κ1) is 13.0. The molecule has 4 nitrogen and oxygen atoms in total. The molecule has 0 fully saturated rings. The summed E-state index contributed by atoms with van der Waals surface area (Å²) in [4.78, 5) is 0. The predicted octanol–water partition coefficient (Wildman–Crippen LogP) is 2.47. The van der Waals surface area contributed by atoms with E-state index in [2.05, 4.69) is 22.3 Å². The predicted molar refractivity (Wildman–Crippen MR) is 73.0 cm³/mol. The molecule has 1 atom stereocenters. The molecular weight excluding hydrogens is 246 g/mol. The normalized spacial score (nSPS) is 12.4. The van der Waals surface area contributed by atoms with Crippen molar-refractivity contribution in [2.24, 2.45) is 5.73 Å². The summed E-state index contributed by atoms with van der Waals surface area (Å²) in [6.07, 6.45) is 0.787. The van der Waals surface area contributed by atoms with Gasteiger partial charge in [-0.2, -0.15) is 0 Å². The summed E-state index contributed by atoms with van der Waals surface area (Å²) in [5.41, 5.74) is 8.11. The summed E-state index contributed by atoms with van der Waals surface area (Å²) in [6, 6.07) is 6.11. The van der Waals surface area contributed by atoms with Crippen LogP contribution < -0.4 is 10.5 Å². The van der Waals surface area contributed by atoms with Crippen molar-refractivity contribution in [3.63, 3.8) is 0 Å². The first-order chi connectivity index (χ1) is 8.60. The molecule has 2 aromatic rings. The zero-order valence-electron chi connectivity index (χ0n) is 10.8. The van der Waals surface area contributed by atoms with Crippen molar-refractivity contribution in [1.82, 2.24) is 10.2 Å². The molecule has 0 radical (unpaired) electrons. The SMILES string of the molecule is COc1ccc(Cc2nnc(C(C)N)s2)cc1C. The molecule has 0 amide bonds. The van der Waals surface area contributed by atoms with Crippen LogP contribution in [0.5, 0.6) is 5.75 Å². The maximum atomic E-state index is 5.77. The Morgan fingerprint density at radius 2 is 2.17 bits per heavy atom. The molecule has 2 rings (SSSR count). The largest absolute Gasteiger partial charge is 0.496 e. The second kappa shape index (κ2) is 5.46. The van der Waals surface area contributed by atoms with Gasteiger partial charge in [-0.3, -0.25) is 0 Å². The zero-order valence-corrected chi connectivity index (χ0v) is 11.6. The highest BCUT2D eigenvalue weighted by atomic mass is 32.1. The van der Waals surface area contributed by atoms with E-state index in [-0.39, 0.29) is 6.04 Å². The first-order valence-electron chi connectivity index (χ1n) is 5.81. The molecule has 0 saturated heterocycles. The summed E-state index contributed by atoms with van der Waals surface area (Å²) in [5, 5.41) is 10.1. The Labute approximate surface area is 111 Å². The van der Waals surface area contributed by atoms with Gasteiger partial charge >= 0.3 is 0 Å². The first-order valence-corrected chi connectivity index (χ1v) is 6.63. The lowest BCUT2D eigenvalue weighted by Gasteiger charge is -2.06. The van der Waals surface area contributed by atoms with E-state index in [1.807, 2.05) is 19.9 Å². The zero-order chi connectivity index (χ0) is 13.1. The van der Waals surface area contributed by atoms with Crippen molar-refractivity contribution in [3.8, 4) is 5.75 Å². The van der Waals surface area contributed by atoms with Gasteiger partial charge in [-0.05, 0) is 31.0 Å². The Kier molecular flexibility index (Phi) is 3.93. The van der Waals surface area contributed by atoms with Gasteiger partial charge < -0.3 is 10.5 Å². The molecule has 18 heavy (non-hydrogen) atoms. The number of hydrogen-bond donors (Lipinski definition) is 1. The Morgan fingerprint density at radius 3 is 2.72 bits per heavy atom. The van der Waals surface area contributed by atoms with Gasteiger partial charge in [0.05, 0.1) is 13.2 Å². The highest BCUT2D eigenvalue weighted by Crippen LogP contribution is 2.22. The van der Waals surface area contributed by atoms with Crippen LogP contribution in [0.15, 0.2) is 18.2 Å². The number of benzene rings is 1. The van der Waals surface area contributed by atoms with Gasteiger partial charge in [-0.25, -0.2) is 0 Å². The fourth-order valence-corrected chi connectivity index (χ4v) is 2.58. The number of ether oxygens (including phenoxy) is 1. The van der Waals surface area contributed by atoms with E-state index in [0.717, 1.165) is 27.7 Å². The highest BCUT2D eigenvalue weighted by Gasteiger charge is 2.09. The molecule has 1 unspecified atom stereocenters. The fraction of sp³-hybridized carbons (Fsp3) is 0.385. The van der Waals surface area contributed by atoms with Gasteiger partial charge in [0.25, 0.3) is 0 Å². The minimum atomic E-state index is -0.0474. The number of rotatable bonds is 4. The summed E-state index contributed by atoms with van der Waals surface area (Å²) >= 11 is 1.57. The number of aryl methyl sites for hydroxylation is 1. The van der Waals surface area contributed by atoms with Crippen LogP contribution in [-0.4, -0.2) is 17.3 Å². The molecule has 0 saturated carbocycles. The molecule has 0 spiro atoms. The van der Waals surface area contributed by atoms with Crippen LogP contribution in [-0.2, 0) is 6.42 Å². The molecule has 5 heteroatoms. The van der Waals surface area contributed by atoms with Crippen LogP contribution in [0, 0.1) is 6.92 Å². The highest BCUT2D eigenvalue weighted by molar-refractivity contribution is 7.11. The van der Waals surface area contributed by atoms with Crippen LogP contribution in [0.4, 0.5) is 0 Å². The van der Waals surface area contributed by atoms with Crippen LogP contribution in [0.1, 0.15) is 34.1 Å². The summed E-state index contributed by atoms with van der Waals surface area (Å²) in [7, 11) is 1.68. The standard InChI is InChI=1S/C13H17N3OS/c1-8-6-10(4-5-11(8)17-3)7-12-15-16-13(18-12)9(2)14/h4-6,9H,7,14H2,1-3H3. The molecule has 96 valence electrons. The topological polar surface area (TPSA) is 61.0 Å². The van der Waals surface area contributed by atoms with Crippen molar-refractivity contribution in [3.05, 3.63) is 39.3 Å². The van der Waals surface area contributed by atoms with Crippen molar-refractivity contribution in [1.29, 1.82) is 0 Å². The molecule has 0 aliphatic carbocycles. The minimum Gasteiger partial charge on any atom is -0.496 e. The Balaban J connectivity index is 2.15. The van der Waals surface area contributed by atoms with Gasteiger partial charge in [0.1, 0.15) is 15.8 Å². The molecular formula is C13H17N3OS.